The van der Waals surface area contributed by atoms with Gasteiger partial charge in [-0.25, -0.2) is 0 Å². The van der Waals surface area contributed by atoms with Gasteiger partial charge in [-0.1, -0.05) is 90.9 Å². The van der Waals surface area contributed by atoms with E-state index >= 15 is 0 Å². The van der Waals surface area contributed by atoms with Crippen LogP contribution < -0.4 is 0 Å². The van der Waals surface area contributed by atoms with E-state index in [1.807, 2.05) is 6.92 Å². The van der Waals surface area contributed by atoms with Crippen molar-refractivity contribution in [2.24, 2.45) is 17.8 Å². The van der Waals surface area contributed by atoms with Gasteiger partial charge in [0.1, 0.15) is 6.10 Å². The second kappa shape index (κ2) is 12.8. The van der Waals surface area contributed by atoms with E-state index in [9.17, 15) is 4.79 Å². The molecule has 2 nitrogen and oxygen atoms in total. The molecule has 0 amide bonds. The van der Waals surface area contributed by atoms with Gasteiger partial charge in [0.15, 0.2) is 0 Å². The van der Waals surface area contributed by atoms with Gasteiger partial charge in [0.05, 0.1) is 0 Å². The van der Waals surface area contributed by atoms with E-state index in [0.717, 1.165) is 30.6 Å². The highest BCUT2D eigenvalue weighted by molar-refractivity contribution is 5.69. The van der Waals surface area contributed by atoms with Crippen molar-refractivity contribution in [2.45, 2.75) is 129 Å². The lowest BCUT2D eigenvalue weighted by atomic mass is 9.76. The third-order valence-electron chi connectivity index (χ3n) is 7.05. The Morgan fingerprint density at radius 2 is 1.19 bits per heavy atom. The highest BCUT2D eigenvalue weighted by Crippen LogP contribution is 2.37. The van der Waals surface area contributed by atoms with Crippen LogP contribution in [0.4, 0.5) is 0 Å². The van der Waals surface area contributed by atoms with E-state index in [4.69, 9.17) is 4.74 Å². The molecule has 0 radical (unpaired) electrons. The van der Waals surface area contributed by atoms with Gasteiger partial charge in [-0.05, 0) is 43.4 Å². The van der Waals surface area contributed by atoms with Gasteiger partial charge in [-0.2, -0.15) is 0 Å². The number of carbonyl (C=O) groups is 1. The van der Waals surface area contributed by atoms with E-state index in [1.54, 1.807) is 0 Å². The fourth-order valence-corrected chi connectivity index (χ4v) is 5.12. The van der Waals surface area contributed by atoms with E-state index in [1.165, 1.54) is 89.9 Å². The largest absolute Gasteiger partial charge is 0.462 e. The van der Waals surface area contributed by atoms with Crippen LogP contribution >= 0.6 is 0 Å². The van der Waals surface area contributed by atoms with Crippen LogP contribution in [0.3, 0.4) is 0 Å². The molecule has 0 saturated heterocycles. The highest BCUT2D eigenvalue weighted by Gasteiger charge is 2.25. The monoisotopic (exact) mass is 364 g/mol. The molecule has 0 N–H and O–H groups in total. The Labute approximate surface area is 162 Å². The molecule has 2 aliphatic rings. The van der Waals surface area contributed by atoms with E-state index in [0.29, 0.717) is 6.42 Å². The molecule has 2 fully saturated rings. The van der Waals surface area contributed by atoms with Gasteiger partial charge >= 0.3 is 5.97 Å². The second-order valence-electron chi connectivity index (χ2n) is 9.15. The Kier molecular flexibility index (Phi) is 10.7. The zero-order chi connectivity index (χ0) is 18.6. The van der Waals surface area contributed by atoms with Crippen molar-refractivity contribution in [3.8, 4) is 0 Å². The maximum Gasteiger partial charge on any atom is 0.305 e. The Morgan fingerprint density at radius 3 is 1.73 bits per heavy atom. The second-order valence-corrected chi connectivity index (χ2v) is 9.15. The molecule has 0 aliphatic heterocycles. The average Bonchev–Trinajstić information content (AvgIpc) is 2.68. The van der Waals surface area contributed by atoms with E-state index < -0.39 is 0 Å². The average molecular weight is 365 g/mol. The molecule has 2 saturated carbocycles. The minimum Gasteiger partial charge on any atom is -0.462 e. The molecule has 2 heteroatoms. The minimum atomic E-state index is -0.0180. The lowest BCUT2D eigenvalue weighted by Crippen LogP contribution is -2.24. The molecule has 26 heavy (non-hydrogen) atoms. The predicted molar refractivity (Wildman–Crippen MR) is 110 cm³/mol. The van der Waals surface area contributed by atoms with Crippen molar-refractivity contribution in [1.29, 1.82) is 0 Å². The zero-order valence-corrected chi connectivity index (χ0v) is 17.6. The summed E-state index contributed by atoms with van der Waals surface area (Å²) in [5, 5.41) is 0. The van der Waals surface area contributed by atoms with Crippen molar-refractivity contribution < 1.29 is 9.53 Å². The lowest BCUT2D eigenvalue weighted by Gasteiger charge is -2.32. The van der Waals surface area contributed by atoms with Gasteiger partial charge in [-0.15, -0.1) is 0 Å². The summed E-state index contributed by atoms with van der Waals surface area (Å²) in [6.07, 6.45) is 23.0. The Balaban J connectivity index is 1.49. The first-order valence-corrected chi connectivity index (χ1v) is 11.9. The van der Waals surface area contributed by atoms with Crippen LogP contribution in [0.25, 0.3) is 0 Å². The van der Waals surface area contributed by atoms with Gasteiger partial charge in [0.25, 0.3) is 0 Å². The molecule has 0 bridgehead atoms. The summed E-state index contributed by atoms with van der Waals surface area (Å²) in [6, 6.07) is 0. The van der Waals surface area contributed by atoms with Crippen LogP contribution in [0, 0.1) is 17.8 Å². The predicted octanol–water partition coefficient (Wildman–Crippen LogP) is 7.45. The summed E-state index contributed by atoms with van der Waals surface area (Å²) in [6.45, 7) is 4.18. The molecule has 0 unspecified atom stereocenters. The molecule has 0 heterocycles. The Morgan fingerprint density at radius 1 is 0.692 bits per heavy atom. The quantitative estimate of drug-likeness (QED) is 0.281. The number of unbranched alkanes of at least 4 members (excludes halogenated alkanes) is 4. The van der Waals surface area contributed by atoms with Crippen LogP contribution in [0.2, 0.25) is 0 Å². The molecular weight excluding hydrogens is 320 g/mol. The molecule has 2 rings (SSSR count). The lowest BCUT2D eigenvalue weighted by molar-refractivity contribution is -0.150. The number of hydrogen-bond acceptors (Lipinski definition) is 2. The summed E-state index contributed by atoms with van der Waals surface area (Å²) < 4.78 is 5.51. The van der Waals surface area contributed by atoms with E-state index in [2.05, 4.69) is 6.92 Å². The molecule has 2 aliphatic carbocycles. The summed E-state index contributed by atoms with van der Waals surface area (Å²) in [7, 11) is 0. The normalized spacial score (nSPS) is 29.5. The van der Waals surface area contributed by atoms with Crippen molar-refractivity contribution in [1.82, 2.24) is 0 Å². The summed E-state index contributed by atoms with van der Waals surface area (Å²) in [5.74, 6) is 2.91. The summed E-state index contributed by atoms with van der Waals surface area (Å²) in [4.78, 5) is 11.4. The summed E-state index contributed by atoms with van der Waals surface area (Å²) >= 11 is 0. The molecular formula is C24H44O2. The molecule has 152 valence electrons. The number of ether oxygens (including phenoxy) is 1. The van der Waals surface area contributed by atoms with Crippen molar-refractivity contribution in [3.63, 3.8) is 0 Å². The first-order chi connectivity index (χ1) is 12.7. The third kappa shape index (κ3) is 8.44. The van der Waals surface area contributed by atoms with Crippen LogP contribution in [0.15, 0.2) is 0 Å². The fourth-order valence-electron chi connectivity index (χ4n) is 5.12. The van der Waals surface area contributed by atoms with Gasteiger partial charge in [-0.3, -0.25) is 4.79 Å². The van der Waals surface area contributed by atoms with Crippen LogP contribution in [0.5, 0.6) is 0 Å². The van der Waals surface area contributed by atoms with Crippen LogP contribution in [-0.2, 0) is 9.53 Å². The number of carbonyl (C=O) groups excluding carboxylic acids is 1. The Bertz CT molecular complexity index is 362. The topological polar surface area (TPSA) is 26.3 Å². The molecule has 0 spiro atoms. The first kappa shape index (κ1) is 21.8. The van der Waals surface area contributed by atoms with Crippen LogP contribution in [0.1, 0.15) is 123 Å². The molecule has 0 aromatic heterocycles. The third-order valence-corrected chi connectivity index (χ3v) is 7.05. The van der Waals surface area contributed by atoms with E-state index in [-0.39, 0.29) is 12.1 Å². The molecule has 0 atom stereocenters. The molecule has 0 aromatic carbocycles. The maximum atomic E-state index is 11.4. The van der Waals surface area contributed by atoms with Crippen molar-refractivity contribution in [3.05, 3.63) is 0 Å². The van der Waals surface area contributed by atoms with Crippen LogP contribution in [-0.4, -0.2) is 12.1 Å². The number of rotatable bonds is 11. The SMILES string of the molecule is CCCCCCC[C@H]1CC[C@H](CC[C@H]2CC[C@H](OC(=O)CC)CC2)CC1. The van der Waals surface area contributed by atoms with Gasteiger partial charge < -0.3 is 4.74 Å². The Hall–Kier alpha value is -0.530. The fraction of sp³-hybridized carbons (Fsp3) is 0.958. The zero-order valence-electron chi connectivity index (χ0n) is 17.6. The highest BCUT2D eigenvalue weighted by atomic mass is 16.5. The number of hydrogen-bond donors (Lipinski definition) is 0. The van der Waals surface area contributed by atoms with Gasteiger partial charge in [0, 0.05) is 6.42 Å². The van der Waals surface area contributed by atoms with Gasteiger partial charge in [0.2, 0.25) is 0 Å². The van der Waals surface area contributed by atoms with Crippen molar-refractivity contribution in [2.75, 3.05) is 0 Å². The minimum absolute atomic E-state index is 0.0180. The smallest absolute Gasteiger partial charge is 0.305 e. The first-order valence-electron chi connectivity index (χ1n) is 11.9. The standard InChI is InChI=1S/C24H44O2/c1-3-5-6-7-8-9-20-10-12-21(13-11-20)14-15-22-16-18-23(19-17-22)26-24(25)4-2/h20-23H,3-19H2,1-2H3/t20-,21-,22-,23-. The summed E-state index contributed by atoms with van der Waals surface area (Å²) in [5.41, 5.74) is 0. The number of esters is 1. The maximum absolute atomic E-state index is 11.4. The molecule has 0 aromatic rings. The van der Waals surface area contributed by atoms with Crippen molar-refractivity contribution >= 4 is 5.97 Å².